The summed E-state index contributed by atoms with van der Waals surface area (Å²) < 4.78 is 5.21. The molecule has 31 heavy (non-hydrogen) atoms. The van der Waals surface area contributed by atoms with Crippen molar-refractivity contribution in [1.29, 1.82) is 0 Å². The van der Waals surface area contributed by atoms with Crippen molar-refractivity contribution < 1.29 is 14.3 Å². The predicted octanol–water partition coefficient (Wildman–Crippen LogP) is 4.76. The second-order valence-corrected chi connectivity index (χ2v) is 8.28. The Hall–Kier alpha value is -3.28. The molecule has 6 heteroatoms. The molecule has 1 saturated heterocycles. The van der Waals surface area contributed by atoms with Crippen molar-refractivity contribution >= 4 is 28.4 Å². The summed E-state index contributed by atoms with van der Waals surface area (Å²) in [6.45, 7) is 3.42. The Morgan fingerprint density at radius 2 is 2.06 bits per heavy atom. The maximum atomic E-state index is 13.1. The highest BCUT2D eigenvalue weighted by Crippen LogP contribution is 2.26. The van der Waals surface area contributed by atoms with Crippen LogP contribution >= 0.6 is 0 Å². The van der Waals surface area contributed by atoms with Crippen molar-refractivity contribution in [2.75, 3.05) is 25.5 Å². The van der Waals surface area contributed by atoms with Crippen LogP contribution in [0.3, 0.4) is 0 Å². The molecule has 0 bridgehead atoms. The number of aryl methyl sites for hydroxylation is 1. The Kier molecular flexibility index (Phi) is 6.26. The number of nitrogens with zero attached hydrogens (tertiary/aromatic N) is 1. The van der Waals surface area contributed by atoms with Gasteiger partial charge in [0.1, 0.15) is 5.75 Å². The molecule has 2 aromatic carbocycles. The number of methoxy groups -OCH3 is 1. The Bertz CT molecular complexity index is 1090. The van der Waals surface area contributed by atoms with E-state index >= 15 is 0 Å². The lowest BCUT2D eigenvalue weighted by Gasteiger charge is -2.32. The lowest BCUT2D eigenvalue weighted by molar-refractivity contribution is -0.116. The molecule has 0 spiro atoms. The van der Waals surface area contributed by atoms with Gasteiger partial charge in [0.15, 0.2) is 0 Å². The summed E-state index contributed by atoms with van der Waals surface area (Å²) in [6.07, 6.45) is 5.05. The molecule has 1 atom stereocenters. The van der Waals surface area contributed by atoms with Crippen LogP contribution in [0.2, 0.25) is 0 Å². The summed E-state index contributed by atoms with van der Waals surface area (Å²) in [4.78, 5) is 30.7. The zero-order valence-corrected chi connectivity index (χ0v) is 18.1. The van der Waals surface area contributed by atoms with Crippen molar-refractivity contribution in [3.05, 3.63) is 59.8 Å². The predicted molar refractivity (Wildman–Crippen MR) is 123 cm³/mol. The molecule has 1 aliphatic rings. The van der Waals surface area contributed by atoms with Crippen LogP contribution in [0.1, 0.15) is 41.6 Å². The van der Waals surface area contributed by atoms with Crippen LogP contribution in [-0.2, 0) is 4.79 Å². The third-order valence-electron chi connectivity index (χ3n) is 6.11. The van der Waals surface area contributed by atoms with E-state index in [1.807, 2.05) is 54.3 Å². The van der Waals surface area contributed by atoms with Crippen LogP contribution in [0.25, 0.3) is 10.9 Å². The first-order valence-corrected chi connectivity index (χ1v) is 10.8. The summed E-state index contributed by atoms with van der Waals surface area (Å²) in [5.41, 5.74) is 3.49. The van der Waals surface area contributed by atoms with E-state index in [0.29, 0.717) is 18.9 Å². The van der Waals surface area contributed by atoms with Gasteiger partial charge in [0.25, 0.3) is 5.91 Å². The Morgan fingerprint density at radius 1 is 1.23 bits per heavy atom. The number of nitrogens with one attached hydrogen (secondary N) is 2. The van der Waals surface area contributed by atoms with E-state index in [0.717, 1.165) is 59.3 Å². The van der Waals surface area contributed by atoms with Crippen molar-refractivity contribution in [2.24, 2.45) is 5.92 Å². The standard InChI is InChI=1S/C25H29N3O3/c1-17-14-19(31-2)10-11-22(17)27-24(29)12-9-18-6-5-13-28(16-18)25(30)21-15-26-23-8-4-3-7-20(21)23/h3-4,7-8,10-11,14-15,18,26H,5-6,9,12-13,16H2,1-2H3,(H,27,29)/t18-/m0/s1. The normalized spacial score (nSPS) is 16.3. The first kappa shape index (κ1) is 21.0. The van der Waals surface area contributed by atoms with Gasteiger partial charge >= 0.3 is 0 Å². The number of rotatable bonds is 6. The molecule has 1 aromatic heterocycles. The number of H-pyrrole nitrogens is 1. The Balaban J connectivity index is 1.33. The lowest BCUT2D eigenvalue weighted by Crippen LogP contribution is -2.40. The molecule has 2 amide bonds. The summed E-state index contributed by atoms with van der Waals surface area (Å²) in [5, 5.41) is 3.96. The highest BCUT2D eigenvalue weighted by molar-refractivity contribution is 6.06. The number of hydrogen-bond acceptors (Lipinski definition) is 3. The van der Waals surface area contributed by atoms with E-state index in [1.165, 1.54) is 0 Å². The van der Waals surface area contributed by atoms with Crippen LogP contribution in [0.15, 0.2) is 48.7 Å². The fourth-order valence-corrected chi connectivity index (χ4v) is 4.36. The smallest absolute Gasteiger partial charge is 0.256 e. The fourth-order valence-electron chi connectivity index (χ4n) is 4.36. The van der Waals surface area contributed by atoms with E-state index in [-0.39, 0.29) is 11.8 Å². The van der Waals surface area contributed by atoms with Gasteiger partial charge in [0, 0.05) is 42.3 Å². The molecule has 0 radical (unpaired) electrons. The molecule has 4 rings (SSSR count). The zero-order chi connectivity index (χ0) is 21.8. The fraction of sp³-hybridized carbons (Fsp3) is 0.360. The largest absolute Gasteiger partial charge is 0.497 e. The average Bonchev–Trinajstić information content (AvgIpc) is 3.23. The number of carbonyl (C=O) groups excluding carboxylic acids is 2. The average molecular weight is 420 g/mol. The van der Waals surface area contributed by atoms with Crippen molar-refractivity contribution in [3.63, 3.8) is 0 Å². The molecule has 1 fully saturated rings. The van der Waals surface area contributed by atoms with Crippen molar-refractivity contribution in [1.82, 2.24) is 9.88 Å². The number of ether oxygens (including phenoxy) is 1. The number of piperidine rings is 1. The topological polar surface area (TPSA) is 74.4 Å². The minimum atomic E-state index is 0.00773. The van der Waals surface area contributed by atoms with Gasteiger partial charge in [0.2, 0.25) is 5.91 Å². The zero-order valence-electron chi connectivity index (χ0n) is 18.1. The number of likely N-dealkylation sites (tertiary alicyclic amines) is 1. The lowest BCUT2D eigenvalue weighted by atomic mass is 9.92. The number of anilines is 1. The third-order valence-corrected chi connectivity index (χ3v) is 6.11. The van der Waals surface area contributed by atoms with Crippen molar-refractivity contribution in [2.45, 2.75) is 32.6 Å². The van der Waals surface area contributed by atoms with Crippen LogP contribution < -0.4 is 10.1 Å². The van der Waals surface area contributed by atoms with Gasteiger partial charge in [0.05, 0.1) is 12.7 Å². The van der Waals surface area contributed by atoms with Gasteiger partial charge < -0.3 is 19.9 Å². The SMILES string of the molecule is COc1ccc(NC(=O)CC[C@@H]2CCCN(C(=O)c3c[nH]c4ccccc34)C2)c(C)c1. The first-order chi connectivity index (χ1) is 15.0. The summed E-state index contributed by atoms with van der Waals surface area (Å²) in [6, 6.07) is 13.5. The molecule has 2 heterocycles. The molecule has 0 saturated carbocycles. The van der Waals surface area contributed by atoms with Crippen LogP contribution in [0.4, 0.5) is 5.69 Å². The maximum Gasteiger partial charge on any atom is 0.256 e. The number of fused-ring (bicyclic) bond motifs is 1. The first-order valence-electron chi connectivity index (χ1n) is 10.8. The minimum Gasteiger partial charge on any atom is -0.497 e. The van der Waals surface area contributed by atoms with Crippen molar-refractivity contribution in [3.8, 4) is 5.75 Å². The Labute approximate surface area is 182 Å². The molecule has 2 N–H and O–H groups in total. The minimum absolute atomic E-state index is 0.00773. The quantitative estimate of drug-likeness (QED) is 0.605. The van der Waals surface area contributed by atoms with Gasteiger partial charge in [-0.1, -0.05) is 18.2 Å². The molecule has 1 aliphatic heterocycles. The van der Waals surface area contributed by atoms with Crippen LogP contribution in [0, 0.1) is 12.8 Å². The number of amides is 2. The second kappa shape index (κ2) is 9.25. The van der Waals surface area contributed by atoms with E-state index in [9.17, 15) is 9.59 Å². The number of carbonyl (C=O) groups is 2. The van der Waals surface area contributed by atoms with Crippen LogP contribution in [0.5, 0.6) is 5.75 Å². The van der Waals surface area contributed by atoms with Gasteiger partial charge in [-0.25, -0.2) is 0 Å². The Morgan fingerprint density at radius 3 is 2.87 bits per heavy atom. The maximum absolute atomic E-state index is 13.1. The monoisotopic (exact) mass is 419 g/mol. The number of hydrogen-bond donors (Lipinski definition) is 2. The summed E-state index contributed by atoms with van der Waals surface area (Å²) >= 11 is 0. The molecule has 0 aliphatic carbocycles. The molecule has 162 valence electrons. The van der Waals surface area contributed by atoms with Gasteiger partial charge in [-0.2, -0.15) is 0 Å². The number of benzene rings is 2. The number of aromatic nitrogens is 1. The highest BCUT2D eigenvalue weighted by Gasteiger charge is 2.26. The van der Waals surface area contributed by atoms with Crippen LogP contribution in [-0.4, -0.2) is 41.9 Å². The molecular weight excluding hydrogens is 390 g/mol. The van der Waals surface area contributed by atoms with E-state index in [1.54, 1.807) is 13.3 Å². The molecular formula is C25H29N3O3. The highest BCUT2D eigenvalue weighted by atomic mass is 16.5. The summed E-state index contributed by atoms with van der Waals surface area (Å²) in [5.74, 6) is 1.19. The van der Waals surface area contributed by atoms with E-state index < -0.39 is 0 Å². The molecule has 6 nitrogen and oxygen atoms in total. The van der Waals surface area contributed by atoms with Gasteiger partial charge in [-0.3, -0.25) is 9.59 Å². The third kappa shape index (κ3) is 4.74. The number of para-hydroxylation sites is 1. The van der Waals surface area contributed by atoms with Gasteiger partial charge in [-0.05, 0) is 61.9 Å². The van der Waals surface area contributed by atoms with E-state index in [4.69, 9.17) is 4.74 Å². The second-order valence-electron chi connectivity index (χ2n) is 8.28. The van der Waals surface area contributed by atoms with E-state index in [2.05, 4.69) is 10.3 Å². The molecule has 0 unspecified atom stereocenters. The summed E-state index contributed by atoms with van der Waals surface area (Å²) in [7, 11) is 1.63. The van der Waals surface area contributed by atoms with Gasteiger partial charge in [-0.15, -0.1) is 0 Å². The molecule has 3 aromatic rings. The number of aromatic amines is 1.